The van der Waals surface area contributed by atoms with Crippen LogP contribution in [0.15, 0.2) is 12.7 Å². The van der Waals surface area contributed by atoms with Crippen molar-refractivity contribution in [2.24, 2.45) is 5.41 Å². The highest BCUT2D eigenvalue weighted by molar-refractivity contribution is 7.61. The number of aliphatic hydroxyl groups excluding tert-OH is 2. The Morgan fingerprint density at radius 1 is 1.08 bits per heavy atom. The van der Waals surface area contributed by atoms with Crippen LogP contribution in [-0.4, -0.2) is 114 Å². The van der Waals surface area contributed by atoms with E-state index in [0.29, 0.717) is 13.0 Å². The monoisotopic (exact) mass is 779 g/mol. The standard InChI is InChI=1S/C23H40N7O17P3/c1-5-7-25-14(31)6-8-26-21(34)18(33)23(2,3)10-43-49(37,38)47-48(35,36)42-9-13-17(45-50(39,40)46-41-4)16(32)22(44-13)30-12-29-15-19(24)27-11-28-20(15)30/h11-13,16-18,22,32-33H,5-10H2,1-4H3,(H,25,31)(H,26,34)(H,35,36)(H,37,38)(H,39,40)(H2,24,27,28)/t13?,16?,17?,18-,22?/m0/s1. The lowest BCUT2D eigenvalue weighted by Gasteiger charge is -2.30. The van der Waals surface area contributed by atoms with E-state index < -0.39 is 78.6 Å². The summed E-state index contributed by atoms with van der Waals surface area (Å²) in [6, 6.07) is 0. The molecule has 27 heteroatoms. The van der Waals surface area contributed by atoms with E-state index in [4.69, 9.17) is 24.0 Å². The number of imidazole rings is 1. The predicted molar refractivity (Wildman–Crippen MR) is 166 cm³/mol. The summed E-state index contributed by atoms with van der Waals surface area (Å²) in [6.45, 7) is 2.81. The highest BCUT2D eigenvalue weighted by Crippen LogP contribution is 2.61. The Balaban J connectivity index is 1.64. The number of aliphatic hydroxyl groups is 2. The molecule has 1 aliphatic rings. The third-order valence-corrected chi connectivity index (χ3v) is 10.2. The van der Waals surface area contributed by atoms with E-state index in [0.717, 1.165) is 24.3 Å². The Hall–Kier alpha value is -2.50. The Kier molecular flexibility index (Phi) is 14.5. The third-order valence-electron chi connectivity index (χ3n) is 6.81. The zero-order valence-electron chi connectivity index (χ0n) is 27.1. The third kappa shape index (κ3) is 11.5. The molecular formula is C23H40N7O17P3. The molecule has 3 heterocycles. The second-order valence-electron chi connectivity index (χ2n) is 11.3. The van der Waals surface area contributed by atoms with Crippen molar-refractivity contribution < 1.29 is 80.4 Å². The number of carbonyl (C=O) groups is 2. The van der Waals surface area contributed by atoms with Crippen LogP contribution < -0.4 is 16.4 Å². The number of hydrogen-bond acceptors (Lipinski definition) is 18. The first kappa shape index (κ1) is 41.9. The number of amides is 2. The van der Waals surface area contributed by atoms with Crippen molar-refractivity contribution in [1.29, 1.82) is 0 Å². The van der Waals surface area contributed by atoms with Crippen LogP contribution in [-0.2, 0) is 55.5 Å². The van der Waals surface area contributed by atoms with Gasteiger partial charge in [-0.3, -0.25) is 27.7 Å². The molecule has 1 fully saturated rings. The number of aromatic nitrogens is 4. The highest BCUT2D eigenvalue weighted by Gasteiger charge is 2.51. The van der Waals surface area contributed by atoms with Crippen molar-refractivity contribution in [2.75, 3.05) is 39.1 Å². The first-order valence-corrected chi connectivity index (χ1v) is 19.1. The average Bonchev–Trinajstić information content (AvgIpc) is 3.58. The van der Waals surface area contributed by atoms with Crippen LogP contribution in [0.25, 0.3) is 11.2 Å². The summed E-state index contributed by atoms with van der Waals surface area (Å²) in [5.41, 5.74) is 4.37. The number of phosphoric ester groups is 3. The fourth-order valence-electron chi connectivity index (χ4n) is 4.31. The van der Waals surface area contributed by atoms with Gasteiger partial charge in [0.05, 0.1) is 26.7 Å². The number of ether oxygens (including phenoxy) is 1. The van der Waals surface area contributed by atoms with Crippen LogP contribution in [0.3, 0.4) is 0 Å². The molecule has 0 bridgehead atoms. The number of nitrogens with two attached hydrogens (primary N) is 1. The molecule has 0 spiro atoms. The van der Waals surface area contributed by atoms with Gasteiger partial charge in [-0.05, 0) is 6.42 Å². The van der Waals surface area contributed by atoms with Gasteiger partial charge >= 0.3 is 23.5 Å². The first-order chi connectivity index (χ1) is 23.2. The minimum Gasteiger partial charge on any atom is -0.386 e. The van der Waals surface area contributed by atoms with Crippen molar-refractivity contribution >= 4 is 52.3 Å². The van der Waals surface area contributed by atoms with E-state index in [2.05, 4.69) is 39.5 Å². The molecule has 0 aromatic carbocycles. The maximum Gasteiger partial charge on any atom is 0.499 e. The maximum absolute atomic E-state index is 12.7. The molecule has 2 aromatic heterocycles. The molecule has 9 N–H and O–H groups in total. The number of fused-ring (bicyclic) bond motifs is 1. The van der Waals surface area contributed by atoms with Crippen LogP contribution in [0.2, 0.25) is 0 Å². The zero-order chi connectivity index (χ0) is 37.5. The van der Waals surface area contributed by atoms with E-state index in [1.165, 1.54) is 13.8 Å². The number of nitrogen functional groups attached to an aromatic ring is 1. The topological polar surface area (TPSA) is 345 Å². The number of carbonyl (C=O) groups excluding carboxylic acids is 2. The normalized spacial score (nSPS) is 23.9. The van der Waals surface area contributed by atoms with Gasteiger partial charge in [0.15, 0.2) is 17.7 Å². The average molecular weight is 780 g/mol. The van der Waals surface area contributed by atoms with Crippen LogP contribution >= 0.6 is 23.5 Å². The maximum atomic E-state index is 12.7. The van der Waals surface area contributed by atoms with E-state index in [1.807, 2.05) is 6.92 Å². The minimum atomic E-state index is -5.54. The van der Waals surface area contributed by atoms with Gasteiger partial charge in [-0.15, -0.1) is 4.67 Å². The molecule has 7 unspecified atom stereocenters. The van der Waals surface area contributed by atoms with Crippen LogP contribution in [0, 0.1) is 5.41 Å². The first-order valence-electron chi connectivity index (χ1n) is 14.6. The van der Waals surface area contributed by atoms with Gasteiger partial charge < -0.3 is 46.0 Å². The smallest absolute Gasteiger partial charge is 0.386 e. The SMILES string of the molecule is CCCNC(=O)CCNC(=O)[C@H](O)C(C)(C)COP(=O)(O)OP(=O)(O)OCC1OC(n2cnc3c(N)ncnc32)C(O)C1OP(=O)(O)OOC. The highest BCUT2D eigenvalue weighted by atomic mass is 31.3. The molecule has 1 aliphatic heterocycles. The van der Waals surface area contributed by atoms with Gasteiger partial charge in [0.2, 0.25) is 11.8 Å². The number of phosphoric acid groups is 3. The molecular weight excluding hydrogens is 739 g/mol. The van der Waals surface area contributed by atoms with Crippen molar-refractivity contribution in [3.63, 3.8) is 0 Å². The molecule has 50 heavy (non-hydrogen) atoms. The Bertz CT molecular complexity index is 1630. The van der Waals surface area contributed by atoms with Crippen LogP contribution in [0.1, 0.15) is 39.8 Å². The van der Waals surface area contributed by atoms with Gasteiger partial charge in [0.1, 0.15) is 36.3 Å². The van der Waals surface area contributed by atoms with Gasteiger partial charge in [0, 0.05) is 24.9 Å². The van der Waals surface area contributed by atoms with Crippen LogP contribution in [0.4, 0.5) is 5.82 Å². The Morgan fingerprint density at radius 2 is 1.76 bits per heavy atom. The lowest BCUT2D eigenvalue weighted by Crippen LogP contribution is -2.46. The number of nitrogens with one attached hydrogen (secondary N) is 2. The second-order valence-corrected chi connectivity index (χ2v) is 15.6. The second kappa shape index (κ2) is 17.3. The summed E-state index contributed by atoms with van der Waals surface area (Å²) < 4.78 is 67.4. The molecule has 24 nitrogen and oxygen atoms in total. The largest absolute Gasteiger partial charge is 0.499 e. The lowest BCUT2D eigenvalue weighted by molar-refractivity contribution is -0.203. The van der Waals surface area contributed by atoms with E-state index in [1.54, 1.807) is 0 Å². The van der Waals surface area contributed by atoms with Crippen molar-refractivity contribution in [3.05, 3.63) is 12.7 Å². The fourth-order valence-corrected chi connectivity index (χ4v) is 7.35. The number of nitrogens with zero attached hydrogens (tertiary/aromatic N) is 4. The summed E-state index contributed by atoms with van der Waals surface area (Å²) in [5.74, 6) is -1.28. The zero-order valence-corrected chi connectivity index (χ0v) is 29.8. The summed E-state index contributed by atoms with van der Waals surface area (Å²) in [6.07, 6.45) is -5.81. The Labute approximate surface area is 284 Å². The van der Waals surface area contributed by atoms with Crippen molar-refractivity contribution in [2.45, 2.75) is 64.3 Å². The number of hydrogen-bond donors (Lipinski definition) is 8. The van der Waals surface area contributed by atoms with E-state index >= 15 is 0 Å². The van der Waals surface area contributed by atoms with Gasteiger partial charge in [-0.25, -0.2) is 33.5 Å². The van der Waals surface area contributed by atoms with Crippen LogP contribution in [0.5, 0.6) is 0 Å². The number of anilines is 1. The van der Waals surface area contributed by atoms with Crippen molar-refractivity contribution in [3.8, 4) is 0 Å². The van der Waals surface area contributed by atoms with Gasteiger partial charge in [0.25, 0.3) is 0 Å². The molecule has 8 atom stereocenters. The minimum absolute atomic E-state index is 0.0268. The fraction of sp³-hybridized carbons (Fsp3) is 0.696. The molecule has 0 aliphatic carbocycles. The molecule has 3 rings (SSSR count). The van der Waals surface area contributed by atoms with E-state index in [-0.39, 0.29) is 35.9 Å². The lowest BCUT2D eigenvalue weighted by atomic mass is 9.87. The predicted octanol–water partition coefficient (Wildman–Crippen LogP) is -0.599. The molecule has 284 valence electrons. The van der Waals surface area contributed by atoms with Gasteiger partial charge in [-0.1, -0.05) is 20.8 Å². The van der Waals surface area contributed by atoms with Crippen molar-refractivity contribution in [1.82, 2.24) is 30.2 Å². The molecule has 2 amide bonds. The van der Waals surface area contributed by atoms with E-state index in [9.17, 15) is 48.2 Å². The summed E-state index contributed by atoms with van der Waals surface area (Å²) in [4.78, 5) is 70.4. The molecule has 1 saturated heterocycles. The summed E-state index contributed by atoms with van der Waals surface area (Å²) >= 11 is 0. The van der Waals surface area contributed by atoms with Gasteiger partial charge in [-0.2, -0.15) is 4.31 Å². The number of rotatable bonds is 20. The molecule has 0 radical (unpaired) electrons. The Morgan fingerprint density at radius 3 is 2.42 bits per heavy atom. The summed E-state index contributed by atoms with van der Waals surface area (Å²) in [7, 11) is -15.2. The summed E-state index contributed by atoms with van der Waals surface area (Å²) in [5, 5.41) is 26.4. The molecule has 0 saturated carbocycles. The quantitative estimate of drug-likeness (QED) is 0.0472. The molecule has 2 aromatic rings.